The van der Waals surface area contributed by atoms with Crippen LogP contribution >= 0.6 is 0 Å². The van der Waals surface area contributed by atoms with Crippen LogP contribution in [0.15, 0.2) is 18.2 Å². The van der Waals surface area contributed by atoms with Gasteiger partial charge in [-0.15, -0.1) is 0 Å². The van der Waals surface area contributed by atoms with E-state index in [2.05, 4.69) is 0 Å². The Bertz CT molecular complexity index is 495. The molecule has 96 valence electrons. The normalized spacial score (nSPS) is 14.3. The van der Waals surface area contributed by atoms with Crippen LogP contribution < -0.4 is 4.90 Å². The molecule has 1 aromatic carbocycles. The van der Waals surface area contributed by atoms with Gasteiger partial charge in [-0.1, -0.05) is 0 Å². The zero-order valence-electron chi connectivity index (χ0n) is 10.5. The fourth-order valence-electron chi connectivity index (χ4n) is 2.04. The smallest absolute Gasteiger partial charge is 0.270 e. The van der Waals surface area contributed by atoms with Crippen molar-refractivity contribution in [3.8, 4) is 0 Å². The molecule has 0 heterocycles. The van der Waals surface area contributed by atoms with E-state index in [9.17, 15) is 14.9 Å². The summed E-state index contributed by atoms with van der Waals surface area (Å²) in [6, 6.07) is 4.48. The fourth-order valence-corrected chi connectivity index (χ4v) is 2.04. The number of hydrogen-bond acceptors (Lipinski definition) is 4. The van der Waals surface area contributed by atoms with Crippen molar-refractivity contribution in [2.24, 2.45) is 5.92 Å². The van der Waals surface area contributed by atoms with Gasteiger partial charge in [-0.25, -0.2) is 0 Å². The molecule has 1 aliphatic rings. The summed E-state index contributed by atoms with van der Waals surface area (Å²) in [5.74, 6) is 0.557. The minimum absolute atomic E-state index is 0.0382. The Morgan fingerprint density at radius 2 is 2.17 bits per heavy atom. The number of Topliss-reactive ketones (excluding diaryl/α,β-unsaturated/α-hetero) is 1. The van der Waals surface area contributed by atoms with Crippen molar-refractivity contribution in [1.29, 1.82) is 0 Å². The highest BCUT2D eigenvalue weighted by atomic mass is 16.6. The van der Waals surface area contributed by atoms with Crippen LogP contribution in [0.25, 0.3) is 0 Å². The summed E-state index contributed by atoms with van der Waals surface area (Å²) in [6.45, 7) is 2.34. The maximum Gasteiger partial charge on any atom is 0.270 e. The number of rotatable bonds is 5. The molecule has 0 spiro atoms. The number of hydrogen-bond donors (Lipinski definition) is 0. The molecular formula is C13H16N2O3. The van der Waals surface area contributed by atoms with E-state index in [-0.39, 0.29) is 11.5 Å². The summed E-state index contributed by atoms with van der Waals surface area (Å²) in [7, 11) is 1.92. The van der Waals surface area contributed by atoms with Crippen LogP contribution in [0.4, 0.5) is 11.4 Å². The second-order valence-corrected chi connectivity index (χ2v) is 4.84. The molecule has 2 rings (SSSR count). The number of nitro groups is 1. The van der Waals surface area contributed by atoms with Crippen molar-refractivity contribution in [3.63, 3.8) is 0 Å². The quantitative estimate of drug-likeness (QED) is 0.456. The highest BCUT2D eigenvalue weighted by Gasteiger charge is 2.25. The predicted octanol–water partition coefficient (Wildman–Crippen LogP) is 2.64. The number of carbonyl (C=O) groups excluding carboxylic acids is 1. The zero-order chi connectivity index (χ0) is 13.3. The van der Waals surface area contributed by atoms with Crippen molar-refractivity contribution in [2.75, 3.05) is 18.5 Å². The lowest BCUT2D eigenvalue weighted by Gasteiger charge is -2.21. The van der Waals surface area contributed by atoms with E-state index in [1.165, 1.54) is 31.9 Å². The SMILES string of the molecule is CC(=O)c1cc([N+](=O)[O-])ccc1N(C)CC1CC1. The Morgan fingerprint density at radius 1 is 1.50 bits per heavy atom. The summed E-state index contributed by atoms with van der Waals surface area (Å²) in [6.07, 6.45) is 2.46. The van der Waals surface area contributed by atoms with Gasteiger partial charge >= 0.3 is 0 Å². The van der Waals surface area contributed by atoms with Crippen molar-refractivity contribution in [1.82, 2.24) is 0 Å². The van der Waals surface area contributed by atoms with Gasteiger partial charge in [0.15, 0.2) is 5.78 Å². The molecule has 0 saturated heterocycles. The summed E-state index contributed by atoms with van der Waals surface area (Å²) in [4.78, 5) is 23.9. The maximum atomic E-state index is 11.6. The van der Waals surface area contributed by atoms with Crippen LogP contribution in [-0.4, -0.2) is 24.3 Å². The van der Waals surface area contributed by atoms with E-state index in [0.717, 1.165) is 12.2 Å². The van der Waals surface area contributed by atoms with E-state index >= 15 is 0 Å². The number of benzene rings is 1. The third kappa shape index (κ3) is 2.67. The molecule has 0 aromatic heterocycles. The third-order valence-electron chi connectivity index (χ3n) is 3.21. The van der Waals surface area contributed by atoms with Crippen LogP contribution in [0.1, 0.15) is 30.1 Å². The predicted molar refractivity (Wildman–Crippen MR) is 69.1 cm³/mol. The third-order valence-corrected chi connectivity index (χ3v) is 3.21. The molecule has 0 atom stereocenters. The molecule has 5 nitrogen and oxygen atoms in total. The molecule has 5 heteroatoms. The molecule has 1 aliphatic carbocycles. The summed E-state index contributed by atoms with van der Waals surface area (Å²) < 4.78 is 0. The lowest BCUT2D eigenvalue weighted by Crippen LogP contribution is -2.22. The summed E-state index contributed by atoms with van der Waals surface area (Å²) >= 11 is 0. The van der Waals surface area contributed by atoms with Crippen LogP contribution in [0.5, 0.6) is 0 Å². The summed E-state index contributed by atoms with van der Waals surface area (Å²) in [5.41, 5.74) is 1.16. The van der Waals surface area contributed by atoms with Crippen molar-refractivity contribution < 1.29 is 9.72 Å². The van der Waals surface area contributed by atoms with E-state index in [1.807, 2.05) is 11.9 Å². The average Bonchev–Trinajstić information content (AvgIpc) is 3.11. The van der Waals surface area contributed by atoms with Crippen molar-refractivity contribution in [2.45, 2.75) is 19.8 Å². The van der Waals surface area contributed by atoms with Gasteiger partial charge in [0.05, 0.1) is 4.92 Å². The Balaban J connectivity index is 2.32. The van der Waals surface area contributed by atoms with Gasteiger partial charge in [0, 0.05) is 37.0 Å². The van der Waals surface area contributed by atoms with Crippen molar-refractivity contribution >= 4 is 17.2 Å². The van der Waals surface area contributed by atoms with Gasteiger partial charge in [0.2, 0.25) is 0 Å². The van der Waals surface area contributed by atoms with Gasteiger partial charge in [-0.3, -0.25) is 14.9 Å². The first kappa shape index (κ1) is 12.5. The zero-order valence-corrected chi connectivity index (χ0v) is 10.5. The average molecular weight is 248 g/mol. The molecular weight excluding hydrogens is 232 g/mol. The molecule has 0 radical (unpaired) electrons. The van der Waals surface area contributed by atoms with Gasteiger partial charge in [-0.05, 0) is 31.7 Å². The van der Waals surface area contributed by atoms with E-state index in [1.54, 1.807) is 6.07 Å². The minimum atomic E-state index is -0.475. The molecule has 0 aliphatic heterocycles. The van der Waals surface area contributed by atoms with Gasteiger partial charge in [0.1, 0.15) is 0 Å². The second-order valence-electron chi connectivity index (χ2n) is 4.84. The Morgan fingerprint density at radius 3 is 2.67 bits per heavy atom. The Labute approximate surface area is 106 Å². The minimum Gasteiger partial charge on any atom is -0.374 e. The van der Waals surface area contributed by atoms with Crippen molar-refractivity contribution in [3.05, 3.63) is 33.9 Å². The first-order valence-corrected chi connectivity index (χ1v) is 5.99. The molecule has 0 unspecified atom stereocenters. The van der Waals surface area contributed by atoms with Crippen LogP contribution in [0.3, 0.4) is 0 Å². The fraction of sp³-hybridized carbons (Fsp3) is 0.462. The number of carbonyl (C=O) groups is 1. The number of non-ortho nitro benzene ring substituents is 1. The molecule has 0 N–H and O–H groups in total. The molecule has 18 heavy (non-hydrogen) atoms. The highest BCUT2D eigenvalue weighted by Crippen LogP contribution is 2.32. The van der Waals surface area contributed by atoms with E-state index in [4.69, 9.17) is 0 Å². The number of anilines is 1. The number of nitrogens with zero attached hydrogens (tertiary/aromatic N) is 2. The van der Waals surface area contributed by atoms with Crippen LogP contribution in [-0.2, 0) is 0 Å². The first-order valence-electron chi connectivity index (χ1n) is 5.99. The number of ketones is 1. The van der Waals surface area contributed by atoms with E-state index in [0.29, 0.717) is 11.5 Å². The molecule has 0 amide bonds. The highest BCUT2D eigenvalue weighted by molar-refractivity contribution is 6.00. The maximum absolute atomic E-state index is 11.6. The van der Waals surface area contributed by atoms with Gasteiger partial charge in [-0.2, -0.15) is 0 Å². The molecule has 1 saturated carbocycles. The largest absolute Gasteiger partial charge is 0.374 e. The molecule has 1 fully saturated rings. The second kappa shape index (κ2) is 4.76. The van der Waals surface area contributed by atoms with Crippen LogP contribution in [0, 0.1) is 16.0 Å². The lowest BCUT2D eigenvalue weighted by molar-refractivity contribution is -0.384. The lowest BCUT2D eigenvalue weighted by atomic mass is 10.1. The standard InChI is InChI=1S/C13H16N2O3/c1-9(16)12-7-11(15(17)18)5-6-13(12)14(2)8-10-3-4-10/h5-7,10H,3-4,8H2,1-2H3. The molecule has 0 bridgehead atoms. The van der Waals surface area contributed by atoms with E-state index < -0.39 is 4.92 Å². The number of nitro benzene ring substituents is 1. The first-order chi connectivity index (χ1) is 8.49. The topological polar surface area (TPSA) is 63.4 Å². The Kier molecular flexibility index (Phi) is 3.32. The Hall–Kier alpha value is -1.91. The monoisotopic (exact) mass is 248 g/mol. The molecule has 1 aromatic rings. The van der Waals surface area contributed by atoms with Gasteiger partial charge < -0.3 is 4.90 Å². The summed E-state index contributed by atoms with van der Waals surface area (Å²) in [5, 5.41) is 10.7. The van der Waals surface area contributed by atoms with Crippen LogP contribution in [0.2, 0.25) is 0 Å². The van der Waals surface area contributed by atoms with Gasteiger partial charge in [0.25, 0.3) is 5.69 Å².